The largest absolute Gasteiger partial charge is 0.324 e. The average Bonchev–Trinajstić information content (AvgIpc) is 3.09. The third kappa shape index (κ3) is 2.41. The molecule has 1 heterocycles. The van der Waals surface area contributed by atoms with Crippen LogP contribution in [0.25, 0.3) is 11.0 Å². The van der Waals surface area contributed by atoms with Gasteiger partial charge in [0, 0.05) is 10.4 Å². The van der Waals surface area contributed by atoms with Crippen molar-refractivity contribution in [2.75, 3.05) is 5.32 Å². The van der Waals surface area contributed by atoms with Gasteiger partial charge < -0.3 is 4.98 Å². The van der Waals surface area contributed by atoms with E-state index < -0.39 is 0 Å². The molecule has 0 bridgehead atoms. The molecule has 1 aromatic heterocycles. The Balaban J connectivity index is 1.51. The number of hydrogen-bond acceptors (Lipinski definition) is 2. The number of aromatic nitrogens is 2. The third-order valence-corrected chi connectivity index (χ3v) is 4.60. The lowest BCUT2D eigenvalue weighted by Gasteiger charge is -2.07. The zero-order valence-electron chi connectivity index (χ0n) is 11.8. The molecule has 0 radical (unpaired) electrons. The van der Waals surface area contributed by atoms with Crippen LogP contribution < -0.4 is 5.32 Å². The Kier molecular flexibility index (Phi) is 3.22. The highest BCUT2D eigenvalue weighted by Gasteiger charge is 2.28. The van der Waals surface area contributed by atoms with Crippen LogP contribution in [0.3, 0.4) is 0 Å². The van der Waals surface area contributed by atoms with Crippen molar-refractivity contribution in [3.63, 3.8) is 0 Å². The summed E-state index contributed by atoms with van der Waals surface area (Å²) in [6, 6.07) is 14.0. The number of benzene rings is 2. The van der Waals surface area contributed by atoms with Crippen LogP contribution in [0.4, 0.5) is 5.95 Å². The van der Waals surface area contributed by atoms with Gasteiger partial charge in [-0.05, 0) is 48.2 Å². The molecule has 3 aromatic rings. The number of halogens is 1. The molecule has 1 atom stereocenters. The second-order valence-corrected chi connectivity index (χ2v) is 6.53. The first-order chi connectivity index (χ1) is 10.7. The van der Waals surface area contributed by atoms with Gasteiger partial charge in [-0.15, -0.1) is 0 Å². The first-order valence-corrected chi connectivity index (χ1v) is 8.01. The Bertz CT molecular complexity index is 838. The summed E-state index contributed by atoms with van der Waals surface area (Å²) in [6.45, 7) is 0. The Morgan fingerprint density at radius 3 is 2.86 bits per heavy atom. The number of nitrogens with zero attached hydrogens (tertiary/aromatic N) is 1. The van der Waals surface area contributed by atoms with Crippen LogP contribution in [0.2, 0.25) is 0 Å². The van der Waals surface area contributed by atoms with Crippen molar-refractivity contribution < 1.29 is 4.79 Å². The van der Waals surface area contributed by atoms with Gasteiger partial charge in [0.2, 0.25) is 11.9 Å². The maximum atomic E-state index is 12.5. The van der Waals surface area contributed by atoms with E-state index in [2.05, 4.69) is 43.3 Å². The van der Waals surface area contributed by atoms with Crippen molar-refractivity contribution in [1.82, 2.24) is 9.97 Å². The Hall–Kier alpha value is -2.14. The van der Waals surface area contributed by atoms with E-state index in [0.29, 0.717) is 5.95 Å². The molecule has 0 saturated heterocycles. The number of imidazole rings is 1. The van der Waals surface area contributed by atoms with Crippen LogP contribution in [0.15, 0.2) is 46.9 Å². The fourth-order valence-corrected chi connectivity index (χ4v) is 3.41. The number of para-hydroxylation sites is 2. The van der Waals surface area contributed by atoms with Crippen LogP contribution in [0.1, 0.15) is 11.1 Å². The smallest absolute Gasteiger partial charge is 0.230 e. The molecular formula is C17H14BrN3O. The second-order valence-electron chi connectivity index (χ2n) is 5.61. The topological polar surface area (TPSA) is 57.8 Å². The highest BCUT2D eigenvalue weighted by atomic mass is 79.9. The van der Waals surface area contributed by atoms with E-state index in [-0.39, 0.29) is 11.8 Å². The average molecular weight is 356 g/mol. The number of carbonyl (C=O) groups excluding carboxylic acids is 1. The Labute approximate surface area is 136 Å². The first-order valence-electron chi connectivity index (χ1n) is 7.22. The SMILES string of the molecule is O=C(Nc1nc2ccccc2[nH]1)C1Cc2ccc(Br)cc2C1. The lowest BCUT2D eigenvalue weighted by Crippen LogP contribution is -2.23. The van der Waals surface area contributed by atoms with Gasteiger partial charge in [-0.2, -0.15) is 0 Å². The summed E-state index contributed by atoms with van der Waals surface area (Å²) in [4.78, 5) is 20.0. The highest BCUT2D eigenvalue weighted by molar-refractivity contribution is 9.10. The van der Waals surface area contributed by atoms with E-state index in [9.17, 15) is 4.79 Å². The fourth-order valence-electron chi connectivity index (χ4n) is 3.00. The lowest BCUT2D eigenvalue weighted by molar-refractivity contribution is -0.119. The van der Waals surface area contributed by atoms with Gasteiger partial charge in [0.25, 0.3) is 0 Å². The first kappa shape index (κ1) is 13.5. The highest BCUT2D eigenvalue weighted by Crippen LogP contribution is 2.30. The minimum absolute atomic E-state index is 0.0198. The summed E-state index contributed by atoms with van der Waals surface area (Å²) in [7, 11) is 0. The van der Waals surface area contributed by atoms with E-state index in [1.807, 2.05) is 30.3 Å². The van der Waals surface area contributed by atoms with Crippen LogP contribution in [0, 0.1) is 5.92 Å². The summed E-state index contributed by atoms with van der Waals surface area (Å²) in [5, 5.41) is 2.91. The summed E-state index contributed by atoms with van der Waals surface area (Å²) >= 11 is 3.48. The van der Waals surface area contributed by atoms with E-state index in [0.717, 1.165) is 28.3 Å². The number of carbonyl (C=O) groups is 1. The minimum Gasteiger partial charge on any atom is -0.324 e. The molecule has 110 valence electrons. The van der Waals surface area contributed by atoms with Crippen molar-refractivity contribution in [1.29, 1.82) is 0 Å². The molecule has 0 saturated carbocycles. The number of amides is 1. The molecule has 0 aliphatic heterocycles. The summed E-state index contributed by atoms with van der Waals surface area (Å²) in [5.41, 5.74) is 4.29. The Morgan fingerprint density at radius 2 is 2.00 bits per heavy atom. The number of rotatable bonds is 2. The maximum absolute atomic E-state index is 12.5. The molecule has 1 aliphatic carbocycles. The molecular weight excluding hydrogens is 342 g/mol. The van der Waals surface area contributed by atoms with Crippen LogP contribution in [-0.2, 0) is 17.6 Å². The second kappa shape index (κ2) is 5.25. The normalized spacial score (nSPS) is 16.7. The standard InChI is InChI=1S/C17H14BrN3O/c18-13-6-5-10-7-12(8-11(10)9-13)16(22)21-17-19-14-3-1-2-4-15(14)20-17/h1-6,9,12H,7-8H2,(H2,19,20,21,22). The van der Waals surface area contributed by atoms with Crippen LogP contribution >= 0.6 is 15.9 Å². The molecule has 4 rings (SSSR count). The van der Waals surface area contributed by atoms with E-state index >= 15 is 0 Å². The van der Waals surface area contributed by atoms with Crippen LogP contribution in [-0.4, -0.2) is 15.9 Å². The van der Waals surface area contributed by atoms with Gasteiger partial charge in [0.05, 0.1) is 11.0 Å². The quantitative estimate of drug-likeness (QED) is 0.736. The molecule has 1 unspecified atom stereocenters. The van der Waals surface area contributed by atoms with Crippen molar-refractivity contribution in [3.05, 3.63) is 58.1 Å². The number of H-pyrrole nitrogens is 1. The van der Waals surface area contributed by atoms with Crippen molar-refractivity contribution >= 4 is 38.8 Å². The molecule has 2 aromatic carbocycles. The fraction of sp³-hybridized carbons (Fsp3) is 0.176. The predicted molar refractivity (Wildman–Crippen MR) is 89.8 cm³/mol. The van der Waals surface area contributed by atoms with Crippen LogP contribution in [0.5, 0.6) is 0 Å². The summed E-state index contributed by atoms with van der Waals surface area (Å²) in [5.74, 6) is 0.507. The number of aromatic amines is 1. The maximum Gasteiger partial charge on any atom is 0.230 e. The van der Waals surface area contributed by atoms with E-state index in [1.165, 1.54) is 11.1 Å². The van der Waals surface area contributed by atoms with Gasteiger partial charge in [-0.25, -0.2) is 4.98 Å². The molecule has 2 N–H and O–H groups in total. The van der Waals surface area contributed by atoms with Gasteiger partial charge in [-0.3, -0.25) is 10.1 Å². The predicted octanol–water partition coefficient (Wildman–Crippen LogP) is 3.68. The van der Waals surface area contributed by atoms with Gasteiger partial charge in [-0.1, -0.05) is 34.1 Å². The zero-order valence-corrected chi connectivity index (χ0v) is 13.4. The monoisotopic (exact) mass is 355 g/mol. The third-order valence-electron chi connectivity index (χ3n) is 4.10. The molecule has 4 nitrogen and oxygen atoms in total. The molecule has 5 heteroatoms. The van der Waals surface area contributed by atoms with Crippen molar-refractivity contribution in [2.24, 2.45) is 5.92 Å². The summed E-state index contributed by atoms with van der Waals surface area (Å²) in [6.07, 6.45) is 1.56. The number of nitrogens with one attached hydrogen (secondary N) is 2. The molecule has 1 aliphatic rings. The minimum atomic E-state index is -0.0301. The van der Waals surface area contributed by atoms with E-state index in [4.69, 9.17) is 0 Å². The van der Waals surface area contributed by atoms with Gasteiger partial charge in [0.15, 0.2) is 0 Å². The molecule has 1 amide bonds. The number of hydrogen-bond donors (Lipinski definition) is 2. The van der Waals surface area contributed by atoms with Gasteiger partial charge >= 0.3 is 0 Å². The van der Waals surface area contributed by atoms with Crippen molar-refractivity contribution in [2.45, 2.75) is 12.8 Å². The lowest BCUT2D eigenvalue weighted by atomic mass is 10.1. The number of anilines is 1. The van der Waals surface area contributed by atoms with Gasteiger partial charge in [0.1, 0.15) is 0 Å². The molecule has 0 fully saturated rings. The van der Waals surface area contributed by atoms with Crippen molar-refractivity contribution in [3.8, 4) is 0 Å². The Morgan fingerprint density at radius 1 is 1.18 bits per heavy atom. The number of fused-ring (bicyclic) bond motifs is 2. The molecule has 0 spiro atoms. The zero-order chi connectivity index (χ0) is 15.1. The summed E-state index contributed by atoms with van der Waals surface area (Å²) < 4.78 is 1.06. The van der Waals surface area contributed by atoms with E-state index in [1.54, 1.807) is 0 Å². The molecule has 22 heavy (non-hydrogen) atoms.